The normalized spacial score (nSPS) is 30.8. The lowest BCUT2D eigenvalue weighted by Gasteiger charge is -2.44. The summed E-state index contributed by atoms with van der Waals surface area (Å²) in [5.41, 5.74) is 0.644. The van der Waals surface area contributed by atoms with Crippen LogP contribution >= 0.6 is 0 Å². The van der Waals surface area contributed by atoms with E-state index in [9.17, 15) is 0 Å². The third kappa shape index (κ3) is 3.52. The van der Waals surface area contributed by atoms with E-state index in [1.807, 2.05) is 0 Å². The fraction of sp³-hybridized carbons (Fsp3) is 1.00. The summed E-state index contributed by atoms with van der Waals surface area (Å²) in [5, 5.41) is 3.66. The van der Waals surface area contributed by atoms with Gasteiger partial charge in [0.25, 0.3) is 0 Å². The third-order valence-electron chi connectivity index (χ3n) is 5.77. The monoisotopic (exact) mass is 266 g/mol. The summed E-state index contributed by atoms with van der Waals surface area (Å²) in [6.45, 7) is 14.5. The Hall–Kier alpha value is -0.0800. The van der Waals surface area contributed by atoms with Crippen molar-refractivity contribution in [2.75, 3.05) is 26.2 Å². The van der Waals surface area contributed by atoms with Gasteiger partial charge in [-0.2, -0.15) is 0 Å². The molecule has 0 aromatic carbocycles. The van der Waals surface area contributed by atoms with Crippen molar-refractivity contribution in [2.24, 2.45) is 17.3 Å². The third-order valence-corrected chi connectivity index (χ3v) is 5.77. The molecule has 1 aliphatic carbocycles. The van der Waals surface area contributed by atoms with Gasteiger partial charge in [-0.15, -0.1) is 0 Å². The van der Waals surface area contributed by atoms with Crippen molar-refractivity contribution in [1.29, 1.82) is 0 Å². The molecule has 1 aliphatic heterocycles. The van der Waals surface area contributed by atoms with Crippen LogP contribution < -0.4 is 5.32 Å². The molecule has 112 valence electrons. The summed E-state index contributed by atoms with van der Waals surface area (Å²) >= 11 is 0. The highest BCUT2D eigenvalue weighted by Crippen LogP contribution is 2.42. The SMILES string of the molecule is CCC1(CC)CCN(C2CCC2CNCC(C)C)C1. The maximum Gasteiger partial charge on any atom is 0.0136 e. The first-order valence-electron chi connectivity index (χ1n) is 8.55. The summed E-state index contributed by atoms with van der Waals surface area (Å²) in [7, 11) is 0. The predicted molar refractivity (Wildman–Crippen MR) is 83.4 cm³/mol. The van der Waals surface area contributed by atoms with Gasteiger partial charge in [-0.05, 0) is 69.0 Å². The minimum absolute atomic E-state index is 0.644. The van der Waals surface area contributed by atoms with Gasteiger partial charge in [0.2, 0.25) is 0 Å². The second-order valence-electron chi connectivity index (χ2n) is 7.38. The number of nitrogens with one attached hydrogen (secondary N) is 1. The zero-order valence-electron chi connectivity index (χ0n) is 13.5. The number of hydrogen-bond acceptors (Lipinski definition) is 2. The molecular weight excluding hydrogens is 232 g/mol. The predicted octanol–water partition coefficient (Wildman–Crippen LogP) is 3.52. The van der Waals surface area contributed by atoms with Crippen LogP contribution in [-0.2, 0) is 0 Å². The van der Waals surface area contributed by atoms with Crippen LogP contribution in [0.2, 0.25) is 0 Å². The van der Waals surface area contributed by atoms with E-state index in [4.69, 9.17) is 0 Å². The molecule has 0 bridgehead atoms. The van der Waals surface area contributed by atoms with Crippen molar-refractivity contribution < 1.29 is 0 Å². The van der Waals surface area contributed by atoms with Gasteiger partial charge in [-0.25, -0.2) is 0 Å². The molecule has 2 heteroatoms. The van der Waals surface area contributed by atoms with Crippen LogP contribution in [0.5, 0.6) is 0 Å². The van der Waals surface area contributed by atoms with Gasteiger partial charge in [-0.1, -0.05) is 27.7 Å². The molecular formula is C17H34N2. The number of rotatable bonds is 7. The Morgan fingerprint density at radius 2 is 1.95 bits per heavy atom. The zero-order valence-corrected chi connectivity index (χ0v) is 13.5. The Morgan fingerprint density at radius 1 is 1.21 bits per heavy atom. The second-order valence-corrected chi connectivity index (χ2v) is 7.38. The summed E-state index contributed by atoms with van der Waals surface area (Å²) in [4.78, 5) is 2.82. The van der Waals surface area contributed by atoms with Crippen molar-refractivity contribution in [3.63, 3.8) is 0 Å². The fourth-order valence-electron chi connectivity index (χ4n) is 3.91. The minimum atomic E-state index is 0.644. The van der Waals surface area contributed by atoms with Crippen LogP contribution in [-0.4, -0.2) is 37.1 Å². The molecule has 2 nitrogen and oxygen atoms in total. The fourth-order valence-corrected chi connectivity index (χ4v) is 3.91. The van der Waals surface area contributed by atoms with Crippen LogP contribution in [0, 0.1) is 17.3 Å². The molecule has 2 aliphatic rings. The van der Waals surface area contributed by atoms with Crippen LogP contribution in [0.15, 0.2) is 0 Å². The van der Waals surface area contributed by atoms with Gasteiger partial charge in [0, 0.05) is 12.6 Å². The Morgan fingerprint density at radius 3 is 2.42 bits per heavy atom. The Kier molecular flexibility index (Phi) is 5.30. The summed E-state index contributed by atoms with van der Waals surface area (Å²) in [6, 6.07) is 0.889. The summed E-state index contributed by atoms with van der Waals surface area (Å²) in [6.07, 6.45) is 7.05. The van der Waals surface area contributed by atoms with E-state index >= 15 is 0 Å². The second kappa shape index (κ2) is 6.58. The van der Waals surface area contributed by atoms with E-state index in [0.717, 1.165) is 17.9 Å². The number of hydrogen-bond donors (Lipinski definition) is 1. The molecule has 1 N–H and O–H groups in total. The molecule has 0 aromatic heterocycles. The summed E-state index contributed by atoms with van der Waals surface area (Å²) < 4.78 is 0. The molecule has 0 radical (unpaired) electrons. The lowest BCUT2D eigenvalue weighted by Crippen LogP contribution is -2.50. The van der Waals surface area contributed by atoms with Crippen molar-refractivity contribution >= 4 is 0 Å². The lowest BCUT2D eigenvalue weighted by molar-refractivity contribution is 0.0693. The maximum absolute atomic E-state index is 3.66. The van der Waals surface area contributed by atoms with Gasteiger partial charge >= 0.3 is 0 Å². The molecule has 19 heavy (non-hydrogen) atoms. The van der Waals surface area contributed by atoms with E-state index in [1.165, 1.54) is 58.3 Å². The molecule has 0 aromatic rings. The Balaban J connectivity index is 1.77. The highest BCUT2D eigenvalue weighted by molar-refractivity contribution is 4.97. The van der Waals surface area contributed by atoms with Crippen molar-refractivity contribution in [2.45, 2.75) is 65.8 Å². The molecule has 1 heterocycles. The molecule has 2 fully saturated rings. The van der Waals surface area contributed by atoms with E-state index in [2.05, 4.69) is 37.9 Å². The molecule has 0 spiro atoms. The largest absolute Gasteiger partial charge is 0.316 e. The molecule has 2 rings (SSSR count). The number of likely N-dealkylation sites (tertiary alicyclic amines) is 1. The maximum atomic E-state index is 3.66. The first kappa shape index (κ1) is 15.3. The first-order valence-corrected chi connectivity index (χ1v) is 8.55. The number of nitrogens with zero attached hydrogens (tertiary/aromatic N) is 1. The smallest absolute Gasteiger partial charge is 0.0136 e. The van der Waals surface area contributed by atoms with Crippen molar-refractivity contribution in [3.05, 3.63) is 0 Å². The van der Waals surface area contributed by atoms with Gasteiger partial charge in [0.15, 0.2) is 0 Å². The molecule has 2 unspecified atom stereocenters. The van der Waals surface area contributed by atoms with Gasteiger partial charge in [0.1, 0.15) is 0 Å². The minimum Gasteiger partial charge on any atom is -0.316 e. The van der Waals surface area contributed by atoms with Gasteiger partial charge in [-0.3, -0.25) is 4.90 Å². The Labute approximate surface area is 120 Å². The topological polar surface area (TPSA) is 15.3 Å². The van der Waals surface area contributed by atoms with E-state index < -0.39 is 0 Å². The molecule has 1 saturated carbocycles. The highest BCUT2D eigenvalue weighted by Gasteiger charge is 2.42. The quantitative estimate of drug-likeness (QED) is 0.758. The molecule has 2 atom stereocenters. The van der Waals surface area contributed by atoms with E-state index in [0.29, 0.717) is 5.41 Å². The van der Waals surface area contributed by atoms with Crippen molar-refractivity contribution in [3.8, 4) is 0 Å². The molecule has 0 amide bonds. The van der Waals surface area contributed by atoms with E-state index in [1.54, 1.807) is 0 Å². The van der Waals surface area contributed by atoms with Crippen LogP contribution in [0.4, 0.5) is 0 Å². The first-order chi connectivity index (χ1) is 9.10. The summed E-state index contributed by atoms with van der Waals surface area (Å²) in [5.74, 6) is 1.70. The zero-order chi connectivity index (χ0) is 13.9. The molecule has 1 saturated heterocycles. The Bertz CT molecular complexity index is 270. The average molecular weight is 266 g/mol. The van der Waals surface area contributed by atoms with Crippen LogP contribution in [0.3, 0.4) is 0 Å². The standard InChI is InChI=1S/C17H34N2/c1-5-17(6-2)9-10-19(13-17)16-8-7-15(16)12-18-11-14(3)4/h14-16,18H,5-13H2,1-4H3. The van der Waals surface area contributed by atoms with Crippen LogP contribution in [0.1, 0.15) is 59.8 Å². The van der Waals surface area contributed by atoms with Gasteiger partial charge < -0.3 is 5.32 Å². The van der Waals surface area contributed by atoms with E-state index in [-0.39, 0.29) is 0 Å². The highest BCUT2D eigenvalue weighted by atomic mass is 15.2. The lowest BCUT2D eigenvalue weighted by atomic mass is 9.77. The van der Waals surface area contributed by atoms with Gasteiger partial charge in [0.05, 0.1) is 0 Å². The average Bonchev–Trinajstić information content (AvgIpc) is 2.77. The van der Waals surface area contributed by atoms with Crippen LogP contribution in [0.25, 0.3) is 0 Å². The van der Waals surface area contributed by atoms with Crippen molar-refractivity contribution in [1.82, 2.24) is 10.2 Å².